The highest BCUT2D eigenvalue weighted by Gasteiger charge is 2.16. The average molecular weight is 386 g/mol. The summed E-state index contributed by atoms with van der Waals surface area (Å²) in [6.45, 7) is 8.36. The summed E-state index contributed by atoms with van der Waals surface area (Å²) in [6.07, 6.45) is 2.06. The highest BCUT2D eigenvalue weighted by atomic mass is 32.1. The van der Waals surface area contributed by atoms with E-state index < -0.39 is 0 Å². The van der Waals surface area contributed by atoms with Crippen molar-refractivity contribution in [3.05, 3.63) is 41.4 Å². The van der Waals surface area contributed by atoms with Crippen molar-refractivity contribution in [2.75, 3.05) is 13.2 Å². The lowest BCUT2D eigenvalue weighted by atomic mass is 10.2. The predicted molar refractivity (Wildman–Crippen MR) is 111 cm³/mol. The second-order valence-electron chi connectivity index (χ2n) is 6.81. The molecule has 0 fully saturated rings. The van der Waals surface area contributed by atoms with E-state index in [1.165, 1.54) is 22.2 Å². The van der Waals surface area contributed by atoms with E-state index >= 15 is 0 Å². The van der Waals surface area contributed by atoms with E-state index in [-0.39, 0.29) is 12.0 Å². The number of aromatic nitrogens is 2. The Morgan fingerprint density at radius 1 is 1.33 bits per heavy atom. The maximum Gasteiger partial charge on any atom is 0.270 e. The van der Waals surface area contributed by atoms with Gasteiger partial charge in [0.25, 0.3) is 5.91 Å². The van der Waals surface area contributed by atoms with Crippen molar-refractivity contribution in [3.63, 3.8) is 0 Å². The van der Waals surface area contributed by atoms with Crippen molar-refractivity contribution >= 4 is 28.1 Å². The molecule has 0 aliphatic carbocycles. The van der Waals surface area contributed by atoms with E-state index in [0.717, 1.165) is 30.1 Å². The molecule has 3 aromatic rings. The van der Waals surface area contributed by atoms with Crippen LogP contribution in [0.25, 0.3) is 21.6 Å². The van der Waals surface area contributed by atoms with E-state index in [1.54, 1.807) is 0 Å². The highest BCUT2D eigenvalue weighted by Crippen LogP contribution is 2.30. The number of aryl methyl sites for hydroxylation is 1. The first-order valence-electron chi connectivity index (χ1n) is 9.54. The van der Waals surface area contributed by atoms with Crippen molar-refractivity contribution in [3.8, 4) is 10.7 Å². The van der Waals surface area contributed by atoms with Crippen LogP contribution in [-0.4, -0.2) is 34.7 Å². The predicted octanol–water partition coefficient (Wildman–Crippen LogP) is 4.72. The molecular formula is C21H27N3O2S. The van der Waals surface area contributed by atoms with Gasteiger partial charge < -0.3 is 14.6 Å². The molecule has 1 amide bonds. The number of hydrogen-bond acceptors (Lipinski definition) is 4. The first kappa shape index (κ1) is 19.6. The summed E-state index contributed by atoms with van der Waals surface area (Å²) in [5.74, 6) is -0.125. The van der Waals surface area contributed by atoms with Crippen molar-refractivity contribution in [2.45, 2.75) is 46.3 Å². The Bertz CT molecular complexity index is 898. The Hall–Kier alpha value is -2.18. The van der Waals surface area contributed by atoms with Gasteiger partial charge in [0.2, 0.25) is 0 Å². The van der Waals surface area contributed by atoms with Crippen LogP contribution in [0, 0.1) is 0 Å². The van der Waals surface area contributed by atoms with Gasteiger partial charge in [0, 0.05) is 36.0 Å². The van der Waals surface area contributed by atoms with Crippen LogP contribution in [-0.2, 0) is 11.3 Å². The summed E-state index contributed by atoms with van der Waals surface area (Å²) >= 11 is 1.52. The molecule has 6 heteroatoms. The zero-order valence-corrected chi connectivity index (χ0v) is 17.0. The molecular weight excluding hydrogens is 358 g/mol. The molecule has 0 aliphatic heterocycles. The van der Waals surface area contributed by atoms with Gasteiger partial charge >= 0.3 is 0 Å². The van der Waals surface area contributed by atoms with Gasteiger partial charge in [-0.05, 0) is 38.8 Å². The number of fused-ring (bicyclic) bond motifs is 1. The lowest BCUT2D eigenvalue weighted by molar-refractivity contribution is 0.0756. The Labute approximate surface area is 164 Å². The first-order valence-corrected chi connectivity index (χ1v) is 10.4. The minimum absolute atomic E-state index is 0.125. The van der Waals surface area contributed by atoms with Gasteiger partial charge in [0.05, 0.1) is 11.8 Å². The maximum absolute atomic E-state index is 12.4. The number of carbonyl (C=O) groups excluding carboxylic acids is 1. The average Bonchev–Trinajstić information content (AvgIpc) is 3.27. The van der Waals surface area contributed by atoms with Gasteiger partial charge in [0.1, 0.15) is 10.7 Å². The number of benzene rings is 1. The summed E-state index contributed by atoms with van der Waals surface area (Å²) in [6, 6.07) is 10.5. The van der Waals surface area contributed by atoms with E-state index in [0.29, 0.717) is 18.8 Å². The standard InChI is InChI=1S/C21H27N3O2S/c1-4-11-24-18-9-6-5-8-16(18)13-19(24)21-23-17(14-27-21)20(25)22-10-7-12-26-15(2)3/h5-6,8-9,13-15H,4,7,10-12H2,1-3H3,(H,22,25). The number of rotatable bonds is 9. The zero-order valence-electron chi connectivity index (χ0n) is 16.2. The fourth-order valence-corrected chi connectivity index (χ4v) is 3.86. The van der Waals surface area contributed by atoms with Crippen LogP contribution in [0.5, 0.6) is 0 Å². The van der Waals surface area contributed by atoms with Gasteiger partial charge in [-0.15, -0.1) is 11.3 Å². The van der Waals surface area contributed by atoms with E-state index in [9.17, 15) is 4.79 Å². The summed E-state index contributed by atoms with van der Waals surface area (Å²) in [7, 11) is 0. The number of nitrogens with zero attached hydrogens (tertiary/aromatic N) is 2. The lowest BCUT2D eigenvalue weighted by Crippen LogP contribution is -2.25. The summed E-state index contributed by atoms with van der Waals surface area (Å²) in [5, 5.41) is 6.84. The zero-order chi connectivity index (χ0) is 19.2. The third kappa shape index (κ3) is 4.76. The molecule has 2 aromatic heterocycles. The van der Waals surface area contributed by atoms with Gasteiger partial charge in [-0.3, -0.25) is 4.79 Å². The van der Waals surface area contributed by atoms with Crippen LogP contribution >= 0.6 is 11.3 Å². The van der Waals surface area contributed by atoms with Crippen LogP contribution in [0.15, 0.2) is 35.7 Å². The van der Waals surface area contributed by atoms with Crippen LogP contribution in [0.2, 0.25) is 0 Å². The minimum Gasteiger partial charge on any atom is -0.379 e. The van der Waals surface area contributed by atoms with E-state index in [1.807, 2.05) is 25.3 Å². The van der Waals surface area contributed by atoms with Crippen LogP contribution < -0.4 is 5.32 Å². The van der Waals surface area contributed by atoms with E-state index in [2.05, 4.69) is 46.1 Å². The molecule has 0 unspecified atom stereocenters. The topological polar surface area (TPSA) is 56.2 Å². The fourth-order valence-electron chi connectivity index (χ4n) is 3.03. The molecule has 5 nitrogen and oxygen atoms in total. The Balaban J connectivity index is 1.71. The number of thiazole rings is 1. The Morgan fingerprint density at radius 3 is 2.93 bits per heavy atom. The molecule has 0 radical (unpaired) electrons. The van der Waals surface area contributed by atoms with Gasteiger partial charge in [-0.1, -0.05) is 25.1 Å². The summed E-state index contributed by atoms with van der Waals surface area (Å²) in [5.41, 5.74) is 2.77. The summed E-state index contributed by atoms with van der Waals surface area (Å²) < 4.78 is 7.78. The van der Waals surface area contributed by atoms with Crippen molar-refractivity contribution in [1.82, 2.24) is 14.9 Å². The van der Waals surface area contributed by atoms with Crippen LogP contribution in [0.4, 0.5) is 0 Å². The van der Waals surface area contributed by atoms with Gasteiger partial charge in [-0.2, -0.15) is 0 Å². The second-order valence-corrected chi connectivity index (χ2v) is 7.67. The number of para-hydroxylation sites is 1. The smallest absolute Gasteiger partial charge is 0.270 e. The fraction of sp³-hybridized carbons (Fsp3) is 0.429. The first-order chi connectivity index (χ1) is 13.1. The molecule has 0 aliphatic rings. The summed E-state index contributed by atoms with van der Waals surface area (Å²) in [4.78, 5) is 17.0. The Kier molecular flexibility index (Phi) is 6.63. The van der Waals surface area contributed by atoms with E-state index in [4.69, 9.17) is 4.74 Å². The molecule has 3 rings (SSSR count). The van der Waals surface area contributed by atoms with Crippen molar-refractivity contribution < 1.29 is 9.53 Å². The molecule has 0 bridgehead atoms. The molecule has 0 atom stereocenters. The molecule has 0 saturated heterocycles. The quantitative estimate of drug-likeness (QED) is 0.542. The normalized spacial score (nSPS) is 11.4. The van der Waals surface area contributed by atoms with Crippen molar-refractivity contribution in [2.24, 2.45) is 0 Å². The third-order valence-corrected chi connectivity index (χ3v) is 5.14. The number of ether oxygens (including phenoxy) is 1. The number of amides is 1. The SMILES string of the molecule is CCCn1c(-c2nc(C(=O)NCCCOC(C)C)cs2)cc2ccccc21. The molecule has 1 aromatic carbocycles. The highest BCUT2D eigenvalue weighted by molar-refractivity contribution is 7.13. The molecule has 2 heterocycles. The molecule has 1 N–H and O–H groups in total. The number of nitrogens with one attached hydrogen (secondary N) is 1. The van der Waals surface area contributed by atoms with Gasteiger partial charge in [-0.25, -0.2) is 4.98 Å². The van der Waals surface area contributed by atoms with Crippen molar-refractivity contribution in [1.29, 1.82) is 0 Å². The van der Waals surface area contributed by atoms with Gasteiger partial charge in [0.15, 0.2) is 0 Å². The molecule has 27 heavy (non-hydrogen) atoms. The molecule has 0 spiro atoms. The minimum atomic E-state index is -0.125. The Morgan fingerprint density at radius 2 is 2.15 bits per heavy atom. The van der Waals surface area contributed by atoms with Crippen LogP contribution in [0.3, 0.4) is 0 Å². The number of hydrogen-bond donors (Lipinski definition) is 1. The second kappa shape index (κ2) is 9.15. The van der Waals surface area contributed by atoms with Crippen LogP contribution in [0.1, 0.15) is 44.1 Å². The lowest BCUT2D eigenvalue weighted by Gasteiger charge is -2.08. The maximum atomic E-state index is 12.4. The molecule has 0 saturated carbocycles. The third-order valence-electron chi connectivity index (χ3n) is 4.27. The largest absolute Gasteiger partial charge is 0.379 e. The molecule has 144 valence electrons. The number of carbonyl (C=O) groups is 1. The monoisotopic (exact) mass is 385 g/mol.